The van der Waals surface area contributed by atoms with Crippen molar-refractivity contribution in [1.29, 1.82) is 0 Å². The van der Waals surface area contributed by atoms with Gasteiger partial charge in [0.15, 0.2) is 6.11 Å². The molecule has 0 heterocycles. The highest BCUT2D eigenvalue weighted by atomic mass is 16.2. The predicted octanol–water partition coefficient (Wildman–Crippen LogP) is 2.18. The van der Waals surface area contributed by atoms with Crippen molar-refractivity contribution in [2.45, 2.75) is 12.8 Å². The molecule has 0 saturated carbocycles. The molecule has 0 N–H and O–H groups in total. The van der Waals surface area contributed by atoms with E-state index in [1.54, 1.807) is 6.11 Å². The molecule has 0 bridgehead atoms. The van der Waals surface area contributed by atoms with E-state index in [9.17, 15) is 5.11 Å². The summed E-state index contributed by atoms with van der Waals surface area (Å²) in [4.78, 5) is 0. The molecule has 1 atom stereocenters. The van der Waals surface area contributed by atoms with Gasteiger partial charge in [0.2, 0.25) is 0 Å². The highest BCUT2D eigenvalue weighted by molar-refractivity contribution is 5.25. The van der Waals surface area contributed by atoms with Crippen molar-refractivity contribution in [1.82, 2.24) is 0 Å². The molecule has 1 aromatic rings. The molecule has 1 radical (unpaired) electrons. The lowest BCUT2D eigenvalue weighted by atomic mass is 10.0. The van der Waals surface area contributed by atoms with Crippen molar-refractivity contribution in [3.05, 3.63) is 35.9 Å². The summed E-state index contributed by atoms with van der Waals surface area (Å²) < 4.78 is 0. The minimum absolute atomic E-state index is 0.0497. The second kappa shape index (κ2) is 3.68. The van der Waals surface area contributed by atoms with Gasteiger partial charge in [-0.2, -0.15) is 0 Å². The Balaban J connectivity index is 2.82. The fraction of sp³-hybridized carbons (Fsp3) is 0.200. The standard InChI is InChI=1S/C10H9O/c1-9(7-8-11)10-5-3-2-4-6-10/h2-6,9H,1H3. The van der Waals surface area contributed by atoms with E-state index in [1.165, 1.54) is 0 Å². The van der Waals surface area contributed by atoms with Gasteiger partial charge in [0.05, 0.1) is 0 Å². The van der Waals surface area contributed by atoms with E-state index in [2.05, 4.69) is 5.92 Å². The van der Waals surface area contributed by atoms with Crippen molar-refractivity contribution in [2.24, 2.45) is 0 Å². The third-order valence-corrected chi connectivity index (χ3v) is 1.58. The van der Waals surface area contributed by atoms with Crippen LogP contribution in [0.5, 0.6) is 0 Å². The summed E-state index contributed by atoms with van der Waals surface area (Å²) in [7, 11) is 0. The average Bonchev–Trinajstić information content (AvgIpc) is 2.07. The maximum absolute atomic E-state index is 9.95. The largest absolute Gasteiger partial charge is 0.224 e. The van der Waals surface area contributed by atoms with E-state index >= 15 is 0 Å². The first-order chi connectivity index (χ1) is 5.34. The van der Waals surface area contributed by atoms with E-state index in [1.807, 2.05) is 37.3 Å². The third-order valence-electron chi connectivity index (χ3n) is 1.58. The molecule has 0 spiro atoms. The van der Waals surface area contributed by atoms with Gasteiger partial charge in [-0.25, -0.2) is 5.11 Å². The molecular weight excluding hydrogens is 136 g/mol. The van der Waals surface area contributed by atoms with Crippen LogP contribution in [-0.2, 0) is 5.11 Å². The van der Waals surface area contributed by atoms with Crippen LogP contribution < -0.4 is 0 Å². The highest BCUT2D eigenvalue weighted by Gasteiger charge is 1.98. The molecule has 0 aliphatic rings. The summed E-state index contributed by atoms with van der Waals surface area (Å²) in [5.41, 5.74) is 1.09. The van der Waals surface area contributed by atoms with E-state index in [0.29, 0.717) is 0 Å². The summed E-state index contributed by atoms with van der Waals surface area (Å²) in [6, 6.07) is 9.77. The SMILES string of the molecule is CC(C#C[O])c1ccccc1. The molecule has 1 unspecified atom stereocenters. The smallest absolute Gasteiger partial charge is 0.172 e. The van der Waals surface area contributed by atoms with Gasteiger partial charge in [-0.3, -0.25) is 0 Å². The zero-order valence-electron chi connectivity index (χ0n) is 6.37. The lowest BCUT2D eigenvalue weighted by Crippen LogP contribution is -1.87. The lowest BCUT2D eigenvalue weighted by molar-refractivity contribution is 0.390. The fourth-order valence-corrected chi connectivity index (χ4v) is 0.913. The predicted molar refractivity (Wildman–Crippen MR) is 43.3 cm³/mol. The second-order valence-corrected chi connectivity index (χ2v) is 2.38. The molecule has 0 saturated heterocycles. The topological polar surface area (TPSA) is 19.9 Å². The average molecular weight is 145 g/mol. The van der Waals surface area contributed by atoms with Crippen LogP contribution in [0.2, 0.25) is 0 Å². The molecule has 0 aromatic heterocycles. The second-order valence-electron chi connectivity index (χ2n) is 2.38. The summed E-state index contributed by atoms with van der Waals surface area (Å²) in [6.45, 7) is 1.92. The summed E-state index contributed by atoms with van der Waals surface area (Å²) in [5, 5.41) is 9.95. The molecular formula is C10H9O. The molecule has 0 fully saturated rings. The van der Waals surface area contributed by atoms with Crippen molar-refractivity contribution in [3.63, 3.8) is 0 Å². The molecule has 1 nitrogen and oxygen atoms in total. The zero-order valence-corrected chi connectivity index (χ0v) is 6.37. The summed E-state index contributed by atoms with van der Waals surface area (Å²) in [5.74, 6) is 2.61. The summed E-state index contributed by atoms with van der Waals surface area (Å²) >= 11 is 0. The minimum Gasteiger partial charge on any atom is -0.224 e. The van der Waals surface area contributed by atoms with Gasteiger partial charge in [-0.15, -0.1) is 0 Å². The van der Waals surface area contributed by atoms with Crippen LogP contribution in [0.25, 0.3) is 0 Å². The van der Waals surface area contributed by atoms with Gasteiger partial charge in [-0.05, 0) is 18.4 Å². The van der Waals surface area contributed by atoms with Gasteiger partial charge in [-0.1, -0.05) is 30.3 Å². The van der Waals surface area contributed by atoms with Crippen LogP contribution in [0, 0.1) is 12.0 Å². The van der Waals surface area contributed by atoms with Crippen LogP contribution in [-0.4, -0.2) is 0 Å². The number of benzene rings is 1. The Bertz CT molecular complexity index is 266. The van der Waals surface area contributed by atoms with Crippen LogP contribution in [0.3, 0.4) is 0 Å². The number of hydrogen-bond donors (Lipinski definition) is 0. The van der Waals surface area contributed by atoms with Crippen LogP contribution in [0.15, 0.2) is 30.3 Å². The molecule has 1 aromatic carbocycles. The third kappa shape index (κ3) is 2.01. The minimum atomic E-state index is 0.0497. The molecule has 55 valence electrons. The molecule has 0 aliphatic heterocycles. The first-order valence-electron chi connectivity index (χ1n) is 3.52. The van der Waals surface area contributed by atoms with E-state index in [0.717, 1.165) is 5.56 Å². The molecule has 11 heavy (non-hydrogen) atoms. The molecule has 1 rings (SSSR count). The molecule has 1 heteroatoms. The van der Waals surface area contributed by atoms with Crippen molar-refractivity contribution < 1.29 is 5.11 Å². The zero-order chi connectivity index (χ0) is 8.10. The maximum Gasteiger partial charge on any atom is 0.172 e. The van der Waals surface area contributed by atoms with Crippen LogP contribution >= 0.6 is 0 Å². The molecule has 0 amide bonds. The van der Waals surface area contributed by atoms with Crippen molar-refractivity contribution in [2.75, 3.05) is 0 Å². The fourth-order valence-electron chi connectivity index (χ4n) is 0.913. The van der Waals surface area contributed by atoms with Gasteiger partial charge in [0, 0.05) is 5.92 Å². The van der Waals surface area contributed by atoms with E-state index in [4.69, 9.17) is 0 Å². The Hall–Kier alpha value is -1.42. The Kier molecular flexibility index (Phi) is 2.57. The normalized spacial score (nSPS) is 11.4. The van der Waals surface area contributed by atoms with Gasteiger partial charge < -0.3 is 0 Å². The van der Waals surface area contributed by atoms with Gasteiger partial charge in [0.1, 0.15) is 0 Å². The Morgan fingerprint density at radius 3 is 2.45 bits per heavy atom. The summed E-state index contributed by atoms with van der Waals surface area (Å²) in [6.07, 6.45) is 1.67. The number of hydrogen-bond acceptors (Lipinski definition) is 0. The number of rotatable bonds is 1. The van der Waals surface area contributed by atoms with Crippen LogP contribution in [0.1, 0.15) is 18.4 Å². The van der Waals surface area contributed by atoms with Gasteiger partial charge in [0.25, 0.3) is 0 Å². The van der Waals surface area contributed by atoms with E-state index in [-0.39, 0.29) is 5.92 Å². The maximum atomic E-state index is 9.95. The molecule has 0 aliphatic carbocycles. The van der Waals surface area contributed by atoms with Gasteiger partial charge >= 0.3 is 0 Å². The quantitative estimate of drug-likeness (QED) is 0.540. The Labute approximate surface area is 66.7 Å². The van der Waals surface area contributed by atoms with Crippen LogP contribution in [0.4, 0.5) is 0 Å². The first-order valence-corrected chi connectivity index (χ1v) is 3.52. The Morgan fingerprint density at radius 2 is 1.91 bits per heavy atom. The first kappa shape index (κ1) is 7.68. The van der Waals surface area contributed by atoms with E-state index < -0.39 is 0 Å². The highest BCUT2D eigenvalue weighted by Crippen LogP contribution is 2.12. The van der Waals surface area contributed by atoms with Crippen molar-refractivity contribution in [3.8, 4) is 12.0 Å². The monoisotopic (exact) mass is 145 g/mol. The Morgan fingerprint density at radius 1 is 1.27 bits per heavy atom. The lowest BCUT2D eigenvalue weighted by Gasteiger charge is -2.00. The van der Waals surface area contributed by atoms with Crippen molar-refractivity contribution >= 4 is 0 Å².